The fourth-order valence-corrected chi connectivity index (χ4v) is 10.8. The summed E-state index contributed by atoms with van der Waals surface area (Å²) < 4.78 is 2.38. The minimum absolute atomic E-state index is 0.426. The van der Waals surface area contributed by atoms with Gasteiger partial charge in [-0.2, -0.15) is 0 Å². The molecule has 1 aromatic heterocycles. The highest BCUT2D eigenvalue weighted by Gasteiger charge is 2.51. The van der Waals surface area contributed by atoms with Crippen molar-refractivity contribution in [2.75, 3.05) is 4.90 Å². The molecule has 298 valence electrons. The predicted molar refractivity (Wildman–Crippen MR) is 265 cm³/mol. The summed E-state index contributed by atoms with van der Waals surface area (Å²) in [6.45, 7) is 4.32. The Balaban J connectivity index is 1.01. The Morgan fingerprint density at radius 1 is 0.413 bits per heavy atom. The lowest BCUT2D eigenvalue weighted by Crippen LogP contribution is -2.26. The number of benzene rings is 9. The van der Waals surface area contributed by atoms with Gasteiger partial charge >= 0.3 is 0 Å². The Kier molecular flexibility index (Phi) is 8.55. The van der Waals surface area contributed by atoms with Crippen LogP contribution in [0, 0.1) is 6.92 Å². The summed E-state index contributed by atoms with van der Waals surface area (Å²) in [5.74, 6) is 0. The fraction of sp³-hybridized carbons (Fsp3) is 0.0492. The van der Waals surface area contributed by atoms with Gasteiger partial charge in [0.2, 0.25) is 0 Å². The van der Waals surface area contributed by atoms with Crippen LogP contribution in [0.25, 0.3) is 67.2 Å². The first kappa shape index (κ1) is 36.9. The molecule has 0 saturated heterocycles. The normalized spacial score (nSPS) is 13.0. The van der Waals surface area contributed by atoms with Crippen LogP contribution in [0.2, 0.25) is 0 Å². The highest BCUT2D eigenvalue weighted by atomic mass is 15.1. The Bertz CT molecular complexity index is 3330. The molecule has 0 bridgehead atoms. The number of para-hydroxylation sites is 1. The van der Waals surface area contributed by atoms with Crippen molar-refractivity contribution in [1.82, 2.24) is 4.57 Å². The average Bonchev–Trinajstić information content (AvgIpc) is 3.93. The van der Waals surface area contributed by atoms with E-state index in [1.165, 1.54) is 94.6 Å². The van der Waals surface area contributed by atoms with E-state index in [0.29, 0.717) is 0 Å². The zero-order valence-electron chi connectivity index (χ0n) is 35.3. The summed E-state index contributed by atoms with van der Waals surface area (Å²) in [5.41, 5.74) is 23.1. The number of fused-ring (bicyclic) bond motifs is 11. The van der Waals surface area contributed by atoms with Gasteiger partial charge in [-0.1, -0.05) is 170 Å². The monoisotopic (exact) mass is 804 g/mol. The summed E-state index contributed by atoms with van der Waals surface area (Å²) in [6, 6.07) is 80.7. The van der Waals surface area contributed by atoms with Crippen molar-refractivity contribution in [1.29, 1.82) is 0 Å². The number of hydrogen-bond acceptors (Lipinski definition) is 1. The SMILES string of the molecule is CC=Cc1c(C)n(-c2ccccc2)c2ccc(-c3ccc(N(c4ccc(-c5ccccc5)cc4)c4ccc5c(c4)C4(c6ccccc6-c6ccccc64)c4ccccc4-5)cc3)cc12. The van der Waals surface area contributed by atoms with Gasteiger partial charge in [0.25, 0.3) is 0 Å². The largest absolute Gasteiger partial charge is 0.313 e. The van der Waals surface area contributed by atoms with Crippen LogP contribution in [0.1, 0.15) is 40.4 Å². The number of nitrogens with zero attached hydrogens (tertiary/aromatic N) is 2. The average molecular weight is 805 g/mol. The third-order valence-corrected chi connectivity index (χ3v) is 13.5. The van der Waals surface area contributed by atoms with Crippen LogP contribution in [-0.4, -0.2) is 4.57 Å². The molecule has 0 unspecified atom stereocenters. The molecule has 0 N–H and O–H groups in total. The molecule has 12 rings (SSSR count). The predicted octanol–water partition coefficient (Wildman–Crippen LogP) is 16.1. The van der Waals surface area contributed by atoms with Gasteiger partial charge in [-0.05, 0) is 141 Å². The molecule has 0 radical (unpaired) electrons. The van der Waals surface area contributed by atoms with E-state index in [2.05, 4.69) is 254 Å². The summed E-state index contributed by atoms with van der Waals surface area (Å²) in [5, 5.41) is 1.25. The molecule has 9 aromatic carbocycles. The molecule has 1 heterocycles. The van der Waals surface area contributed by atoms with E-state index < -0.39 is 5.41 Å². The van der Waals surface area contributed by atoms with Crippen molar-refractivity contribution >= 4 is 34.0 Å². The van der Waals surface area contributed by atoms with Crippen LogP contribution in [-0.2, 0) is 5.41 Å². The maximum Gasteiger partial charge on any atom is 0.0726 e. The number of allylic oxidation sites excluding steroid dienone is 1. The smallest absolute Gasteiger partial charge is 0.0726 e. The van der Waals surface area contributed by atoms with Crippen LogP contribution in [0.4, 0.5) is 17.1 Å². The number of anilines is 3. The van der Waals surface area contributed by atoms with Crippen molar-refractivity contribution in [3.8, 4) is 50.2 Å². The van der Waals surface area contributed by atoms with Crippen LogP contribution in [0.15, 0.2) is 224 Å². The van der Waals surface area contributed by atoms with Gasteiger partial charge < -0.3 is 9.47 Å². The quantitative estimate of drug-likeness (QED) is 0.156. The molecular weight excluding hydrogens is 761 g/mol. The lowest BCUT2D eigenvalue weighted by molar-refractivity contribution is 0.793. The van der Waals surface area contributed by atoms with Crippen LogP contribution < -0.4 is 4.90 Å². The number of aromatic nitrogens is 1. The van der Waals surface area contributed by atoms with Crippen molar-refractivity contribution < 1.29 is 0 Å². The van der Waals surface area contributed by atoms with Gasteiger partial charge in [-0.3, -0.25) is 0 Å². The topological polar surface area (TPSA) is 8.17 Å². The van der Waals surface area contributed by atoms with Crippen LogP contribution >= 0.6 is 0 Å². The second kappa shape index (κ2) is 14.6. The molecule has 0 atom stereocenters. The van der Waals surface area contributed by atoms with E-state index in [9.17, 15) is 0 Å². The molecular formula is C61H44N2. The Morgan fingerprint density at radius 3 is 1.44 bits per heavy atom. The van der Waals surface area contributed by atoms with Gasteiger partial charge in [0.15, 0.2) is 0 Å². The number of rotatable bonds is 7. The van der Waals surface area contributed by atoms with Gasteiger partial charge in [0, 0.05) is 39.4 Å². The zero-order valence-corrected chi connectivity index (χ0v) is 35.3. The van der Waals surface area contributed by atoms with Crippen LogP contribution in [0.3, 0.4) is 0 Å². The second-order valence-corrected chi connectivity index (χ2v) is 16.8. The third-order valence-electron chi connectivity index (χ3n) is 13.5. The standard InChI is InChI=1S/C61H44N2/c1-3-16-50-41(2)62(46-19-8-5-9-20-46)60-38-31-45(39-55(50)60)44-29-34-48(35-30-44)63(47-32-27-43(28-33-47)42-17-6-4-7-18-42)49-36-37-54-53-23-12-15-26-58(53)61(59(54)40-49)56-24-13-10-21-51(56)52-22-11-14-25-57(52)61/h3-40H,1-2H3. The molecule has 63 heavy (non-hydrogen) atoms. The molecule has 10 aromatic rings. The maximum absolute atomic E-state index is 2.48. The van der Waals surface area contributed by atoms with E-state index in [4.69, 9.17) is 0 Å². The molecule has 1 spiro atoms. The van der Waals surface area contributed by atoms with Crippen LogP contribution in [0.5, 0.6) is 0 Å². The molecule has 0 amide bonds. The molecule has 0 saturated carbocycles. The molecule has 0 fully saturated rings. The van der Waals surface area contributed by atoms with E-state index in [1.807, 2.05) is 0 Å². The molecule has 2 aliphatic carbocycles. The van der Waals surface area contributed by atoms with E-state index >= 15 is 0 Å². The molecule has 0 aliphatic heterocycles. The fourth-order valence-electron chi connectivity index (χ4n) is 10.8. The molecule has 2 heteroatoms. The van der Waals surface area contributed by atoms with E-state index in [-0.39, 0.29) is 0 Å². The van der Waals surface area contributed by atoms with E-state index in [0.717, 1.165) is 17.1 Å². The summed E-state index contributed by atoms with van der Waals surface area (Å²) >= 11 is 0. The van der Waals surface area contributed by atoms with Gasteiger partial charge in [0.1, 0.15) is 0 Å². The minimum atomic E-state index is -0.426. The first-order valence-electron chi connectivity index (χ1n) is 22.0. The van der Waals surface area contributed by atoms with E-state index in [1.54, 1.807) is 0 Å². The lowest BCUT2D eigenvalue weighted by atomic mass is 9.70. The third kappa shape index (κ3) is 5.58. The van der Waals surface area contributed by atoms with Crippen molar-refractivity contribution in [2.24, 2.45) is 0 Å². The molecule has 2 nitrogen and oxygen atoms in total. The van der Waals surface area contributed by atoms with Crippen molar-refractivity contribution in [2.45, 2.75) is 19.3 Å². The highest BCUT2D eigenvalue weighted by molar-refractivity contribution is 5.98. The second-order valence-electron chi connectivity index (χ2n) is 16.8. The summed E-state index contributed by atoms with van der Waals surface area (Å²) in [7, 11) is 0. The van der Waals surface area contributed by atoms with Crippen molar-refractivity contribution in [3.05, 3.63) is 258 Å². The zero-order chi connectivity index (χ0) is 42.1. The number of hydrogen-bond donors (Lipinski definition) is 0. The summed E-state index contributed by atoms with van der Waals surface area (Å²) in [4.78, 5) is 2.43. The Morgan fingerprint density at radius 2 is 0.873 bits per heavy atom. The maximum atomic E-state index is 2.48. The minimum Gasteiger partial charge on any atom is -0.313 e. The van der Waals surface area contributed by atoms with Gasteiger partial charge in [0.05, 0.1) is 10.9 Å². The summed E-state index contributed by atoms with van der Waals surface area (Å²) in [6.07, 6.45) is 4.39. The lowest BCUT2D eigenvalue weighted by Gasteiger charge is -2.32. The first-order valence-corrected chi connectivity index (χ1v) is 22.0. The Labute approximate surface area is 369 Å². The highest BCUT2D eigenvalue weighted by Crippen LogP contribution is 2.63. The van der Waals surface area contributed by atoms with Crippen molar-refractivity contribution in [3.63, 3.8) is 0 Å². The Hall–Kier alpha value is -7.94. The molecule has 2 aliphatic rings. The van der Waals surface area contributed by atoms with Gasteiger partial charge in [-0.25, -0.2) is 0 Å². The van der Waals surface area contributed by atoms with Gasteiger partial charge in [-0.15, -0.1) is 0 Å². The first-order chi connectivity index (χ1) is 31.1.